The third kappa shape index (κ3) is 5.83. The van der Waals surface area contributed by atoms with E-state index in [2.05, 4.69) is 0 Å². The Balaban J connectivity index is 1.53. The molecule has 0 spiro atoms. The van der Waals surface area contributed by atoms with Crippen LogP contribution in [0.3, 0.4) is 0 Å². The zero-order valence-corrected chi connectivity index (χ0v) is 22.5. The fourth-order valence-electron chi connectivity index (χ4n) is 4.85. The number of carbonyl (C=O) groups is 2. The van der Waals surface area contributed by atoms with Crippen LogP contribution in [0.25, 0.3) is 22.3 Å². The van der Waals surface area contributed by atoms with E-state index in [0.29, 0.717) is 5.56 Å². The number of carboxylic acid groups (broad SMARTS) is 2. The molecule has 0 saturated carbocycles. The van der Waals surface area contributed by atoms with Gasteiger partial charge in [-0.15, -0.1) is 0 Å². The first-order valence-corrected chi connectivity index (χ1v) is 13.0. The molecule has 5 rings (SSSR count). The molecule has 0 amide bonds. The van der Waals surface area contributed by atoms with Crippen molar-refractivity contribution in [2.24, 2.45) is 0 Å². The van der Waals surface area contributed by atoms with E-state index in [9.17, 15) is 65.4 Å². The van der Waals surface area contributed by atoms with E-state index in [-0.39, 0.29) is 17.1 Å². The Kier molecular flexibility index (Phi) is 8.58. The number of ether oxygens (including phenoxy) is 4. The average molecular weight is 638 g/mol. The maximum atomic E-state index is 12.8. The van der Waals surface area contributed by atoms with Gasteiger partial charge >= 0.3 is 11.9 Å². The lowest BCUT2D eigenvalue weighted by Crippen LogP contribution is -2.66. The van der Waals surface area contributed by atoms with Crippen molar-refractivity contribution in [2.75, 3.05) is 0 Å². The number of carboxylic acids is 2. The molecular formula is C27H26O18. The lowest BCUT2D eigenvalue weighted by Gasteiger charge is -2.44. The van der Waals surface area contributed by atoms with Crippen LogP contribution in [0.5, 0.6) is 23.0 Å². The zero-order valence-electron chi connectivity index (χ0n) is 22.5. The molecule has 1 aromatic heterocycles. The van der Waals surface area contributed by atoms with Gasteiger partial charge in [-0.25, -0.2) is 9.59 Å². The van der Waals surface area contributed by atoms with Crippen LogP contribution in [0.2, 0.25) is 0 Å². The Labute approximate surface area is 249 Å². The Morgan fingerprint density at radius 3 is 1.89 bits per heavy atom. The number of hydrogen-bond donors (Lipinski definition) is 10. The Morgan fingerprint density at radius 2 is 1.29 bits per heavy atom. The third-order valence-electron chi connectivity index (χ3n) is 7.22. The van der Waals surface area contributed by atoms with Crippen molar-refractivity contribution in [3.63, 3.8) is 0 Å². The van der Waals surface area contributed by atoms with Crippen molar-refractivity contribution in [1.82, 2.24) is 0 Å². The van der Waals surface area contributed by atoms with Crippen LogP contribution in [0, 0.1) is 0 Å². The third-order valence-corrected chi connectivity index (χ3v) is 7.22. The number of hydrogen-bond acceptors (Lipinski definition) is 16. The quantitative estimate of drug-likeness (QED) is 0.122. The number of aliphatic carboxylic acids is 2. The van der Waals surface area contributed by atoms with Gasteiger partial charge in [-0.2, -0.15) is 0 Å². The Morgan fingerprint density at radius 1 is 0.711 bits per heavy atom. The van der Waals surface area contributed by atoms with Crippen molar-refractivity contribution < 1.29 is 84.0 Å². The minimum absolute atomic E-state index is 0.0414. The lowest BCUT2D eigenvalue weighted by molar-refractivity contribution is -0.350. The predicted molar refractivity (Wildman–Crippen MR) is 141 cm³/mol. The molecule has 4 unspecified atom stereocenters. The van der Waals surface area contributed by atoms with Crippen molar-refractivity contribution in [1.29, 1.82) is 0 Å². The largest absolute Gasteiger partial charge is 0.508 e. The molecule has 0 bridgehead atoms. The molecule has 0 aliphatic carbocycles. The molecule has 10 N–H and O–H groups in total. The van der Waals surface area contributed by atoms with Crippen molar-refractivity contribution in [2.45, 2.75) is 61.4 Å². The van der Waals surface area contributed by atoms with E-state index in [0.717, 1.165) is 12.1 Å². The van der Waals surface area contributed by atoms with Crippen LogP contribution >= 0.6 is 0 Å². The number of phenolic OH excluding ortho intramolecular Hbond substituents is 3. The van der Waals surface area contributed by atoms with Gasteiger partial charge < -0.3 is 74.4 Å². The van der Waals surface area contributed by atoms with Crippen molar-refractivity contribution >= 4 is 22.9 Å². The molecule has 2 aliphatic rings. The highest BCUT2D eigenvalue weighted by molar-refractivity contribution is 5.89. The standard InChI is InChI=1S/C27H26O18/c28-8-3-1-7(2-4-8)10-5-9(29)13-11(41-10)6-12(14(30)15(13)31)42-27-23(19(35)18(34)22(44-27)25(39)40)45-26-20(36)16(32)17(33)21(43-26)24(37)38/h1-6,16-23,26-28,30-36H,(H,37,38)(H,39,40)/t16-,17-,18-,19-,20?,21?,22?,23?,26-,27+/m0/s1. The molecule has 2 saturated heterocycles. The summed E-state index contributed by atoms with van der Waals surface area (Å²) >= 11 is 0. The summed E-state index contributed by atoms with van der Waals surface area (Å²) in [6.45, 7) is 0. The summed E-state index contributed by atoms with van der Waals surface area (Å²) in [5.74, 6) is -6.54. The molecule has 0 radical (unpaired) electrons. The molecule has 18 nitrogen and oxygen atoms in total. The van der Waals surface area contributed by atoms with E-state index in [1.54, 1.807) is 0 Å². The molecule has 242 valence electrons. The maximum absolute atomic E-state index is 12.8. The SMILES string of the molecule is O=C(O)C1O[C@@H](OC2[C@H](Oc3cc4oc(-c5ccc(O)cc5)cc(=O)c4c(O)c3O)OC(C(=O)O)[C@@H](O)[C@@H]2O)C(O)[C@@H](O)[C@@H]1O. The van der Waals surface area contributed by atoms with Gasteiger partial charge in [0.05, 0.1) is 0 Å². The van der Waals surface area contributed by atoms with Crippen LogP contribution in [0.15, 0.2) is 45.6 Å². The van der Waals surface area contributed by atoms with Crippen LogP contribution in [-0.4, -0.2) is 124 Å². The predicted octanol–water partition coefficient (Wildman–Crippen LogP) is -2.24. The summed E-state index contributed by atoms with van der Waals surface area (Å²) < 4.78 is 26.9. The number of aliphatic hydroxyl groups excluding tert-OH is 5. The van der Waals surface area contributed by atoms with Gasteiger partial charge in [0.2, 0.25) is 12.0 Å². The second-order valence-electron chi connectivity index (χ2n) is 10.2. The summed E-state index contributed by atoms with van der Waals surface area (Å²) in [5.41, 5.74) is -0.854. The minimum Gasteiger partial charge on any atom is -0.508 e. The average Bonchev–Trinajstić information content (AvgIpc) is 2.98. The molecule has 3 aromatic rings. The smallest absolute Gasteiger partial charge is 0.335 e. The first-order valence-electron chi connectivity index (χ1n) is 13.0. The van der Waals surface area contributed by atoms with Gasteiger partial charge in [-0.3, -0.25) is 4.79 Å². The Bertz CT molecular complexity index is 1650. The van der Waals surface area contributed by atoms with Crippen LogP contribution in [-0.2, 0) is 23.8 Å². The van der Waals surface area contributed by atoms with Gasteiger partial charge in [0.15, 0.2) is 41.5 Å². The number of fused-ring (bicyclic) bond motifs is 1. The molecule has 2 aliphatic heterocycles. The summed E-state index contributed by atoms with van der Waals surface area (Å²) in [6, 6.07) is 7.36. The Hall–Kier alpha value is -4.53. The van der Waals surface area contributed by atoms with E-state index in [4.69, 9.17) is 23.4 Å². The summed E-state index contributed by atoms with van der Waals surface area (Å²) in [7, 11) is 0. The number of benzene rings is 2. The molecule has 2 aromatic carbocycles. The lowest BCUT2D eigenvalue weighted by atomic mass is 9.97. The van der Waals surface area contributed by atoms with Crippen molar-refractivity contribution in [3.8, 4) is 34.3 Å². The van der Waals surface area contributed by atoms with Gasteiger partial charge in [-0.05, 0) is 24.3 Å². The number of aromatic hydroxyl groups is 3. The van der Waals surface area contributed by atoms with E-state index < -0.39 is 101 Å². The zero-order chi connectivity index (χ0) is 32.9. The first-order chi connectivity index (χ1) is 21.2. The van der Waals surface area contributed by atoms with Gasteiger partial charge in [-0.1, -0.05) is 0 Å². The summed E-state index contributed by atoms with van der Waals surface area (Å²) in [4.78, 5) is 36.1. The van der Waals surface area contributed by atoms with Crippen LogP contribution in [0.1, 0.15) is 0 Å². The van der Waals surface area contributed by atoms with Gasteiger partial charge in [0, 0.05) is 17.7 Å². The number of phenols is 3. The van der Waals surface area contributed by atoms with Crippen LogP contribution in [0.4, 0.5) is 0 Å². The fourth-order valence-corrected chi connectivity index (χ4v) is 4.85. The van der Waals surface area contributed by atoms with E-state index in [1.807, 2.05) is 0 Å². The van der Waals surface area contributed by atoms with Gasteiger partial charge in [0.25, 0.3) is 0 Å². The summed E-state index contributed by atoms with van der Waals surface area (Å²) in [6.07, 6.45) is -21.5. The molecule has 2 fully saturated rings. The molecule has 45 heavy (non-hydrogen) atoms. The summed E-state index contributed by atoms with van der Waals surface area (Å²) in [5, 5.41) is 101. The maximum Gasteiger partial charge on any atom is 0.335 e. The minimum atomic E-state index is -2.23. The molecule has 10 atom stereocenters. The van der Waals surface area contributed by atoms with E-state index >= 15 is 0 Å². The molecule has 3 heterocycles. The van der Waals surface area contributed by atoms with Gasteiger partial charge in [0.1, 0.15) is 53.0 Å². The number of aliphatic hydroxyl groups is 5. The van der Waals surface area contributed by atoms with Crippen molar-refractivity contribution in [3.05, 3.63) is 46.6 Å². The van der Waals surface area contributed by atoms with Crippen LogP contribution < -0.4 is 10.2 Å². The second-order valence-corrected chi connectivity index (χ2v) is 10.2. The number of rotatable bonds is 7. The highest BCUT2D eigenvalue weighted by Gasteiger charge is 2.54. The monoisotopic (exact) mass is 638 g/mol. The molecule has 18 heteroatoms. The molecular weight excluding hydrogens is 612 g/mol. The fraction of sp³-hybridized carbons (Fsp3) is 0.370. The normalized spacial score (nSPS) is 31.8. The topological polar surface area (TPSA) is 304 Å². The highest BCUT2D eigenvalue weighted by Crippen LogP contribution is 2.43. The highest BCUT2D eigenvalue weighted by atomic mass is 16.8. The second kappa shape index (κ2) is 12.1. The van der Waals surface area contributed by atoms with E-state index in [1.165, 1.54) is 24.3 Å². The first kappa shape index (κ1) is 31.9.